The third-order valence-corrected chi connectivity index (χ3v) is 2.71. The van der Waals surface area contributed by atoms with E-state index in [0.717, 1.165) is 6.42 Å². The maximum absolute atomic E-state index is 11.1. The zero-order valence-corrected chi connectivity index (χ0v) is 11.8. The van der Waals surface area contributed by atoms with E-state index < -0.39 is 0 Å². The quantitative estimate of drug-likeness (QED) is 0.524. The largest absolute Gasteiger partial charge is 0.462 e. The lowest BCUT2D eigenvalue weighted by Crippen LogP contribution is -2.37. The van der Waals surface area contributed by atoms with E-state index in [1.54, 1.807) is 0 Å². The number of ether oxygens (including phenoxy) is 1. The first-order valence-electron chi connectivity index (χ1n) is 5.97. The van der Waals surface area contributed by atoms with Crippen molar-refractivity contribution in [3.8, 4) is 0 Å². The van der Waals surface area contributed by atoms with Crippen LogP contribution in [0, 0.1) is 11.3 Å². The van der Waals surface area contributed by atoms with Crippen LogP contribution in [-0.4, -0.2) is 12.1 Å². The van der Waals surface area contributed by atoms with Crippen molar-refractivity contribution in [2.45, 2.75) is 61.0 Å². The van der Waals surface area contributed by atoms with Crippen molar-refractivity contribution in [1.82, 2.24) is 0 Å². The van der Waals surface area contributed by atoms with Crippen molar-refractivity contribution < 1.29 is 9.53 Å². The monoisotopic (exact) mass is 226 g/mol. The highest BCUT2D eigenvalue weighted by atomic mass is 16.5. The van der Waals surface area contributed by atoms with Crippen molar-refractivity contribution in [2.24, 2.45) is 11.3 Å². The van der Waals surface area contributed by atoms with Gasteiger partial charge >= 0.3 is 5.97 Å². The van der Waals surface area contributed by atoms with Crippen LogP contribution in [0.4, 0.5) is 0 Å². The fourth-order valence-electron chi connectivity index (χ4n) is 1.96. The molecular weight excluding hydrogens is 200 g/mol. The highest BCUT2D eigenvalue weighted by Gasteiger charge is 2.33. The van der Waals surface area contributed by atoms with Gasteiger partial charge in [-0.15, -0.1) is 0 Å². The number of esters is 1. The first-order chi connectivity index (χ1) is 7.16. The van der Waals surface area contributed by atoms with Crippen LogP contribution in [0.5, 0.6) is 0 Å². The van der Waals surface area contributed by atoms with E-state index in [2.05, 4.69) is 47.6 Å². The number of hydrogen-bond donors (Lipinski definition) is 0. The van der Waals surface area contributed by atoms with Crippen molar-refractivity contribution in [3.63, 3.8) is 0 Å². The molecule has 94 valence electrons. The molecular formula is C14H26O2. The summed E-state index contributed by atoms with van der Waals surface area (Å²) in [4.78, 5) is 11.1. The van der Waals surface area contributed by atoms with E-state index in [4.69, 9.17) is 4.74 Å². The molecule has 0 bridgehead atoms. The maximum Gasteiger partial charge on any atom is 0.302 e. The highest BCUT2D eigenvalue weighted by Crippen LogP contribution is 2.33. The average molecular weight is 226 g/mol. The van der Waals surface area contributed by atoms with E-state index in [1.165, 1.54) is 12.5 Å². The molecule has 0 aliphatic carbocycles. The van der Waals surface area contributed by atoms with Crippen LogP contribution < -0.4 is 0 Å². The van der Waals surface area contributed by atoms with Crippen LogP contribution in [0.2, 0.25) is 0 Å². The van der Waals surface area contributed by atoms with Crippen molar-refractivity contribution in [3.05, 3.63) is 11.6 Å². The van der Waals surface area contributed by atoms with Gasteiger partial charge in [0.25, 0.3) is 0 Å². The summed E-state index contributed by atoms with van der Waals surface area (Å²) in [5, 5.41) is 0. The molecule has 0 heterocycles. The van der Waals surface area contributed by atoms with Crippen molar-refractivity contribution in [2.75, 3.05) is 0 Å². The van der Waals surface area contributed by atoms with Gasteiger partial charge in [0.05, 0.1) is 0 Å². The Labute approximate surface area is 100 Å². The van der Waals surface area contributed by atoms with Gasteiger partial charge in [-0.05, 0) is 26.2 Å². The number of allylic oxidation sites excluding steroid dienone is 2. The van der Waals surface area contributed by atoms with Crippen LogP contribution in [-0.2, 0) is 9.53 Å². The van der Waals surface area contributed by atoms with Gasteiger partial charge in [-0.3, -0.25) is 4.79 Å². The number of carbonyl (C=O) groups excluding carboxylic acids is 1. The second kappa shape index (κ2) is 6.07. The van der Waals surface area contributed by atoms with Crippen LogP contribution in [0.15, 0.2) is 11.6 Å². The molecule has 16 heavy (non-hydrogen) atoms. The molecule has 0 aromatic carbocycles. The summed E-state index contributed by atoms with van der Waals surface area (Å²) in [6.07, 6.45) is 3.12. The first-order valence-corrected chi connectivity index (χ1v) is 5.97. The van der Waals surface area contributed by atoms with Crippen LogP contribution in [0.25, 0.3) is 0 Å². The van der Waals surface area contributed by atoms with Gasteiger partial charge in [0.15, 0.2) is 0 Å². The van der Waals surface area contributed by atoms with Crippen LogP contribution in [0.3, 0.4) is 0 Å². The molecule has 2 heteroatoms. The van der Waals surface area contributed by atoms with Gasteiger partial charge < -0.3 is 4.74 Å². The molecule has 0 aromatic rings. The third kappa shape index (κ3) is 5.34. The van der Waals surface area contributed by atoms with Gasteiger partial charge in [-0.1, -0.05) is 39.3 Å². The number of rotatable bonds is 5. The topological polar surface area (TPSA) is 26.3 Å². The van der Waals surface area contributed by atoms with E-state index >= 15 is 0 Å². The molecule has 0 fully saturated rings. The molecule has 0 aliphatic heterocycles. The molecule has 0 aromatic heterocycles. The van der Waals surface area contributed by atoms with Gasteiger partial charge in [0.2, 0.25) is 0 Å². The fourth-order valence-corrected chi connectivity index (χ4v) is 1.96. The standard InChI is InChI=1S/C14H26O2/c1-10(2)8-9-14(6,7)13(11(3)4)16-12(5)15/h8,11,13H,9H2,1-7H3. The normalized spacial score (nSPS) is 13.5. The Morgan fingerprint density at radius 2 is 1.75 bits per heavy atom. The van der Waals surface area contributed by atoms with E-state index in [1.807, 2.05) is 0 Å². The third-order valence-electron chi connectivity index (χ3n) is 2.71. The molecule has 0 saturated carbocycles. The Balaban J connectivity index is 4.74. The molecule has 0 N–H and O–H groups in total. The predicted molar refractivity (Wildman–Crippen MR) is 68.2 cm³/mol. The molecule has 0 spiro atoms. The molecule has 0 saturated heterocycles. The zero-order chi connectivity index (χ0) is 12.9. The summed E-state index contributed by atoms with van der Waals surface area (Å²) < 4.78 is 5.44. The second-order valence-corrected chi connectivity index (χ2v) is 5.75. The molecule has 0 rings (SSSR count). The SMILES string of the molecule is CC(=O)OC(C(C)C)C(C)(C)CC=C(C)C. The summed E-state index contributed by atoms with van der Waals surface area (Å²) in [6.45, 7) is 14.2. The Morgan fingerprint density at radius 3 is 2.06 bits per heavy atom. The van der Waals surface area contributed by atoms with Crippen molar-refractivity contribution >= 4 is 5.97 Å². The minimum absolute atomic E-state index is 0.0168. The van der Waals surface area contributed by atoms with Crippen LogP contribution >= 0.6 is 0 Å². The Morgan fingerprint density at radius 1 is 1.25 bits per heavy atom. The lowest BCUT2D eigenvalue weighted by molar-refractivity contribution is -0.156. The maximum atomic E-state index is 11.1. The predicted octanol–water partition coefficient (Wildman–Crippen LogP) is 3.96. The minimum atomic E-state index is -0.191. The lowest BCUT2D eigenvalue weighted by Gasteiger charge is -2.35. The summed E-state index contributed by atoms with van der Waals surface area (Å²) in [7, 11) is 0. The summed E-state index contributed by atoms with van der Waals surface area (Å²) in [5.41, 5.74) is 1.29. The number of hydrogen-bond acceptors (Lipinski definition) is 2. The Bertz CT molecular complexity index is 258. The van der Waals surface area contributed by atoms with Crippen LogP contribution in [0.1, 0.15) is 54.9 Å². The molecule has 1 atom stereocenters. The zero-order valence-electron chi connectivity index (χ0n) is 11.8. The number of carbonyl (C=O) groups is 1. The highest BCUT2D eigenvalue weighted by molar-refractivity contribution is 5.66. The fraction of sp³-hybridized carbons (Fsp3) is 0.786. The molecule has 2 nitrogen and oxygen atoms in total. The van der Waals surface area contributed by atoms with Crippen molar-refractivity contribution in [1.29, 1.82) is 0 Å². The van der Waals surface area contributed by atoms with E-state index in [0.29, 0.717) is 5.92 Å². The summed E-state index contributed by atoms with van der Waals surface area (Å²) in [5.74, 6) is 0.147. The molecule has 1 unspecified atom stereocenters. The van der Waals surface area contributed by atoms with E-state index in [9.17, 15) is 4.79 Å². The smallest absolute Gasteiger partial charge is 0.302 e. The van der Waals surface area contributed by atoms with Gasteiger partial charge in [-0.25, -0.2) is 0 Å². The summed E-state index contributed by atoms with van der Waals surface area (Å²) in [6, 6.07) is 0. The lowest BCUT2D eigenvalue weighted by atomic mass is 9.77. The molecule has 0 aliphatic rings. The van der Waals surface area contributed by atoms with Gasteiger partial charge in [0.1, 0.15) is 6.10 Å². The Kier molecular flexibility index (Phi) is 5.77. The van der Waals surface area contributed by atoms with Gasteiger partial charge in [0, 0.05) is 12.3 Å². The Hall–Kier alpha value is -0.790. The first kappa shape index (κ1) is 15.2. The molecule has 0 radical (unpaired) electrons. The van der Waals surface area contributed by atoms with E-state index in [-0.39, 0.29) is 17.5 Å². The van der Waals surface area contributed by atoms with Gasteiger partial charge in [-0.2, -0.15) is 0 Å². The molecule has 0 amide bonds. The summed E-state index contributed by atoms with van der Waals surface area (Å²) >= 11 is 0. The second-order valence-electron chi connectivity index (χ2n) is 5.75. The minimum Gasteiger partial charge on any atom is -0.462 e. The average Bonchev–Trinajstić information content (AvgIpc) is 2.10.